The Hall–Kier alpha value is -0.670. The molecule has 0 aromatic rings. The normalized spacial score (nSPS) is 12.3. The molecule has 1 amide bonds. The van der Waals surface area contributed by atoms with Gasteiger partial charge < -0.3 is 14.9 Å². The first kappa shape index (κ1) is 27.3. The van der Waals surface area contributed by atoms with Crippen LogP contribution in [0.3, 0.4) is 0 Å². The summed E-state index contributed by atoms with van der Waals surface area (Å²) in [6.45, 7) is 6.11. The summed E-state index contributed by atoms with van der Waals surface area (Å²) in [5, 5.41) is 11.7. The summed E-state index contributed by atoms with van der Waals surface area (Å²) in [6, 6.07) is -0.941. The molecule has 0 fully saturated rings. The Morgan fingerprint density at radius 3 is 1.64 bits per heavy atom. The van der Waals surface area contributed by atoms with E-state index in [4.69, 9.17) is 9.63 Å². The van der Waals surface area contributed by atoms with Gasteiger partial charge in [-0.1, -0.05) is 90.4 Å². The van der Waals surface area contributed by atoms with Gasteiger partial charge >= 0.3 is 5.97 Å². The lowest BCUT2D eigenvalue weighted by atomic mass is 10.0. The molecule has 0 saturated heterocycles. The zero-order chi connectivity index (χ0) is 21.0. The van der Waals surface area contributed by atoms with Crippen molar-refractivity contribution >= 4 is 20.0 Å². The Balaban J connectivity index is 3.47. The van der Waals surface area contributed by atoms with E-state index in [0.29, 0.717) is 6.42 Å². The van der Waals surface area contributed by atoms with Gasteiger partial charge in [0.2, 0.25) is 5.91 Å². The lowest BCUT2D eigenvalue weighted by Gasteiger charge is -2.16. The average molecular weight is 418 g/mol. The van der Waals surface area contributed by atoms with Crippen molar-refractivity contribution in [1.82, 2.24) is 5.32 Å². The van der Waals surface area contributed by atoms with Gasteiger partial charge in [0.15, 0.2) is 6.04 Å². The van der Waals surface area contributed by atoms with Crippen molar-refractivity contribution in [2.75, 3.05) is 19.9 Å². The SMILES string of the molecule is CCCCCCCCCCCCCCCCC(=O)N[C@@H](COP(C)C)C(=O)O. The average Bonchev–Trinajstić information content (AvgIpc) is 2.65. The predicted octanol–water partition coefficient (Wildman–Crippen LogP) is 6.10. The van der Waals surface area contributed by atoms with Crippen molar-refractivity contribution < 1.29 is 19.2 Å². The van der Waals surface area contributed by atoms with Gasteiger partial charge in [-0.15, -0.1) is 0 Å². The van der Waals surface area contributed by atoms with Gasteiger partial charge in [0, 0.05) is 14.6 Å². The van der Waals surface area contributed by atoms with Gasteiger partial charge in [-0.05, 0) is 19.8 Å². The van der Waals surface area contributed by atoms with Crippen LogP contribution >= 0.6 is 8.15 Å². The highest BCUT2D eigenvalue weighted by Crippen LogP contribution is 2.25. The minimum absolute atomic E-state index is 0.0402. The molecular weight excluding hydrogens is 373 g/mol. The molecule has 0 heterocycles. The minimum atomic E-state index is -1.04. The zero-order valence-corrected chi connectivity index (χ0v) is 19.4. The van der Waals surface area contributed by atoms with E-state index in [1.807, 2.05) is 13.3 Å². The summed E-state index contributed by atoms with van der Waals surface area (Å²) in [6.07, 6.45) is 18.3. The second kappa shape index (κ2) is 19.6. The molecule has 5 nitrogen and oxygen atoms in total. The van der Waals surface area contributed by atoms with Gasteiger partial charge in [0.25, 0.3) is 0 Å². The van der Waals surface area contributed by atoms with Crippen LogP contribution in [0, 0.1) is 0 Å². The summed E-state index contributed by atoms with van der Waals surface area (Å²) in [5.41, 5.74) is 0. The molecule has 0 bridgehead atoms. The molecule has 0 aliphatic rings. The third-order valence-corrected chi connectivity index (χ3v) is 5.56. The van der Waals surface area contributed by atoms with Crippen LogP contribution in [0.4, 0.5) is 0 Å². The number of hydrogen-bond acceptors (Lipinski definition) is 3. The Bertz CT molecular complexity index is 391. The maximum Gasteiger partial charge on any atom is 0.328 e. The third-order valence-electron chi connectivity index (χ3n) is 4.89. The molecule has 0 radical (unpaired) electrons. The van der Waals surface area contributed by atoms with Crippen LogP contribution in [0.2, 0.25) is 0 Å². The number of carbonyl (C=O) groups excluding carboxylic acids is 1. The number of aliphatic carboxylic acids is 1. The molecule has 2 N–H and O–H groups in total. The van der Waals surface area contributed by atoms with Crippen LogP contribution in [-0.4, -0.2) is 43.0 Å². The number of rotatable bonds is 20. The van der Waals surface area contributed by atoms with E-state index in [-0.39, 0.29) is 12.5 Å². The van der Waals surface area contributed by atoms with Crippen molar-refractivity contribution in [3.8, 4) is 0 Å². The van der Waals surface area contributed by atoms with Crippen molar-refractivity contribution in [3.05, 3.63) is 0 Å². The lowest BCUT2D eigenvalue weighted by Crippen LogP contribution is -2.43. The van der Waals surface area contributed by atoms with Crippen molar-refractivity contribution in [2.45, 2.75) is 109 Å². The topological polar surface area (TPSA) is 75.6 Å². The Kier molecular flexibility index (Phi) is 19.2. The van der Waals surface area contributed by atoms with E-state index in [0.717, 1.165) is 19.3 Å². The number of hydrogen-bond donors (Lipinski definition) is 2. The fourth-order valence-corrected chi connectivity index (χ4v) is 3.59. The molecular formula is C22H44NO4P. The van der Waals surface area contributed by atoms with Crippen molar-refractivity contribution in [2.24, 2.45) is 0 Å². The Labute approximate surface area is 174 Å². The third kappa shape index (κ3) is 18.7. The highest BCUT2D eigenvalue weighted by atomic mass is 31.1. The number of carboxylic acids is 1. The van der Waals surface area contributed by atoms with Crippen LogP contribution in [0.25, 0.3) is 0 Å². The van der Waals surface area contributed by atoms with Gasteiger partial charge in [-0.3, -0.25) is 4.79 Å². The van der Waals surface area contributed by atoms with Crippen molar-refractivity contribution in [1.29, 1.82) is 0 Å². The maximum absolute atomic E-state index is 11.9. The standard InChI is InChI=1S/C22H44NO4P/c1-4-5-6-7-8-9-10-11-12-13-14-15-16-17-18-21(24)23-20(22(25)26)19-27-28(2)3/h20H,4-19H2,1-3H3,(H,23,24)(H,25,26)/t20-/m0/s1. The second-order valence-electron chi connectivity index (χ2n) is 7.91. The van der Waals surface area contributed by atoms with Crippen LogP contribution in [0.1, 0.15) is 103 Å². The second-order valence-corrected chi connectivity index (χ2v) is 9.80. The monoisotopic (exact) mass is 417 g/mol. The molecule has 166 valence electrons. The van der Waals surface area contributed by atoms with Crippen LogP contribution in [-0.2, 0) is 14.1 Å². The molecule has 28 heavy (non-hydrogen) atoms. The number of amides is 1. The van der Waals surface area contributed by atoms with E-state index in [2.05, 4.69) is 12.2 Å². The largest absolute Gasteiger partial charge is 0.480 e. The Morgan fingerprint density at radius 2 is 1.25 bits per heavy atom. The van der Waals surface area contributed by atoms with Gasteiger partial charge in [-0.2, -0.15) is 0 Å². The van der Waals surface area contributed by atoms with Crippen LogP contribution < -0.4 is 5.32 Å². The van der Waals surface area contributed by atoms with E-state index in [1.54, 1.807) is 0 Å². The zero-order valence-electron chi connectivity index (χ0n) is 18.5. The smallest absolute Gasteiger partial charge is 0.328 e. The molecule has 0 aromatic heterocycles. The first-order valence-electron chi connectivity index (χ1n) is 11.3. The van der Waals surface area contributed by atoms with Gasteiger partial charge in [0.05, 0.1) is 6.61 Å². The predicted molar refractivity (Wildman–Crippen MR) is 119 cm³/mol. The number of carbonyl (C=O) groups is 2. The van der Waals surface area contributed by atoms with E-state index >= 15 is 0 Å². The van der Waals surface area contributed by atoms with Crippen LogP contribution in [0.15, 0.2) is 0 Å². The maximum atomic E-state index is 11.9. The molecule has 0 unspecified atom stereocenters. The highest BCUT2D eigenvalue weighted by molar-refractivity contribution is 7.50. The molecule has 0 aliphatic heterocycles. The number of carboxylic acid groups (broad SMARTS) is 1. The van der Waals surface area contributed by atoms with Gasteiger partial charge in [-0.25, -0.2) is 4.79 Å². The molecule has 0 spiro atoms. The fraction of sp³-hybridized carbons (Fsp3) is 0.909. The molecule has 0 rings (SSSR count). The van der Waals surface area contributed by atoms with E-state index in [9.17, 15) is 9.59 Å². The molecule has 1 atom stereocenters. The number of nitrogens with one attached hydrogen (secondary N) is 1. The first-order valence-corrected chi connectivity index (χ1v) is 13.4. The Morgan fingerprint density at radius 1 is 0.821 bits per heavy atom. The van der Waals surface area contributed by atoms with Gasteiger partial charge in [0.1, 0.15) is 0 Å². The quantitative estimate of drug-likeness (QED) is 0.185. The summed E-state index contributed by atoms with van der Waals surface area (Å²) in [4.78, 5) is 23.1. The first-order chi connectivity index (χ1) is 13.5. The summed E-state index contributed by atoms with van der Waals surface area (Å²) in [7, 11) is -0.626. The summed E-state index contributed by atoms with van der Waals surface area (Å²) < 4.78 is 5.36. The van der Waals surface area contributed by atoms with Crippen LogP contribution in [0.5, 0.6) is 0 Å². The highest BCUT2D eigenvalue weighted by Gasteiger charge is 2.20. The lowest BCUT2D eigenvalue weighted by molar-refractivity contribution is -0.142. The van der Waals surface area contributed by atoms with E-state index < -0.39 is 20.2 Å². The minimum Gasteiger partial charge on any atom is -0.480 e. The van der Waals surface area contributed by atoms with E-state index in [1.165, 1.54) is 70.6 Å². The molecule has 0 aromatic carbocycles. The summed E-state index contributed by atoms with van der Waals surface area (Å²) in [5.74, 6) is -1.22. The summed E-state index contributed by atoms with van der Waals surface area (Å²) >= 11 is 0. The molecule has 6 heteroatoms. The fourth-order valence-electron chi connectivity index (χ4n) is 3.14. The molecule has 0 saturated carbocycles. The molecule has 0 aliphatic carbocycles. The van der Waals surface area contributed by atoms with Crippen molar-refractivity contribution in [3.63, 3.8) is 0 Å². The number of unbranched alkanes of at least 4 members (excludes halogenated alkanes) is 13.